The van der Waals surface area contributed by atoms with Gasteiger partial charge in [0.05, 0.1) is 0 Å². The normalized spacial score (nSPS) is 11.1. The monoisotopic (exact) mass is 220 g/mol. The van der Waals surface area contributed by atoms with Crippen LogP contribution in [0.3, 0.4) is 0 Å². The van der Waals surface area contributed by atoms with Crippen LogP contribution in [0.1, 0.15) is 12.6 Å². The maximum atomic E-state index is 5.78. The summed E-state index contributed by atoms with van der Waals surface area (Å²) in [4.78, 5) is 0. The van der Waals surface area contributed by atoms with Crippen molar-refractivity contribution < 1.29 is 0 Å². The van der Waals surface area contributed by atoms with Crippen LogP contribution in [-0.2, 0) is 12.3 Å². The maximum Gasteiger partial charge on any atom is 0.0484 e. The molecular formula is C12H16N2S. The lowest BCUT2D eigenvalue weighted by Crippen LogP contribution is -1.98. The van der Waals surface area contributed by atoms with Crippen molar-refractivity contribution >= 4 is 28.4 Å². The third-order valence-electron chi connectivity index (χ3n) is 2.62. The van der Waals surface area contributed by atoms with Gasteiger partial charge in [-0.2, -0.15) is 11.8 Å². The maximum absolute atomic E-state index is 5.78. The molecule has 0 unspecified atom stereocenters. The van der Waals surface area contributed by atoms with Gasteiger partial charge in [0.25, 0.3) is 0 Å². The van der Waals surface area contributed by atoms with E-state index in [0.29, 0.717) is 0 Å². The van der Waals surface area contributed by atoms with Gasteiger partial charge in [0, 0.05) is 34.6 Å². The number of aromatic nitrogens is 1. The molecule has 1 aromatic carbocycles. The zero-order valence-corrected chi connectivity index (χ0v) is 9.97. The average molecular weight is 220 g/mol. The van der Waals surface area contributed by atoms with E-state index in [4.69, 9.17) is 5.73 Å². The number of nitrogens with two attached hydrogens (primary N) is 1. The molecule has 3 heteroatoms. The fourth-order valence-corrected chi connectivity index (χ4v) is 2.52. The van der Waals surface area contributed by atoms with Gasteiger partial charge in [0.15, 0.2) is 0 Å². The summed E-state index contributed by atoms with van der Waals surface area (Å²) in [6.45, 7) is 3.20. The number of nitrogens with zero attached hydrogens (tertiary/aromatic N) is 1. The zero-order chi connectivity index (χ0) is 10.8. The molecule has 0 radical (unpaired) electrons. The molecule has 0 saturated heterocycles. The second kappa shape index (κ2) is 4.19. The lowest BCUT2D eigenvalue weighted by atomic mass is 10.2. The van der Waals surface area contributed by atoms with Crippen molar-refractivity contribution in [2.45, 2.75) is 19.2 Å². The number of hydrogen-bond donors (Lipinski definition) is 1. The summed E-state index contributed by atoms with van der Waals surface area (Å²) < 4.78 is 2.35. The molecule has 0 aliphatic carbocycles. The van der Waals surface area contributed by atoms with Gasteiger partial charge in [-0.1, -0.05) is 0 Å². The molecule has 0 saturated carbocycles. The summed E-state index contributed by atoms with van der Waals surface area (Å²) >= 11 is 1.85. The Bertz CT molecular complexity index is 474. The fraction of sp³-hybridized carbons (Fsp3) is 0.333. The lowest BCUT2D eigenvalue weighted by Gasteiger charge is -2.06. The van der Waals surface area contributed by atoms with Crippen molar-refractivity contribution in [2.24, 2.45) is 0 Å². The van der Waals surface area contributed by atoms with E-state index < -0.39 is 0 Å². The van der Waals surface area contributed by atoms with Crippen molar-refractivity contribution in [3.63, 3.8) is 0 Å². The van der Waals surface area contributed by atoms with E-state index in [1.54, 1.807) is 0 Å². The molecule has 2 N–H and O–H groups in total. The molecule has 0 bridgehead atoms. The Labute approximate surface area is 94.5 Å². The van der Waals surface area contributed by atoms with Crippen LogP contribution >= 0.6 is 11.8 Å². The van der Waals surface area contributed by atoms with E-state index in [2.05, 4.69) is 29.9 Å². The van der Waals surface area contributed by atoms with E-state index in [1.165, 1.54) is 16.6 Å². The van der Waals surface area contributed by atoms with E-state index >= 15 is 0 Å². The first kappa shape index (κ1) is 10.4. The summed E-state index contributed by atoms with van der Waals surface area (Å²) in [6, 6.07) is 8.37. The number of aryl methyl sites for hydroxylation is 1. The van der Waals surface area contributed by atoms with Gasteiger partial charge < -0.3 is 10.3 Å². The molecule has 1 aromatic heterocycles. The zero-order valence-electron chi connectivity index (χ0n) is 9.16. The molecule has 0 amide bonds. The summed E-state index contributed by atoms with van der Waals surface area (Å²) in [6.07, 6.45) is 2.13. The minimum absolute atomic E-state index is 0.839. The van der Waals surface area contributed by atoms with E-state index in [1.807, 2.05) is 23.9 Å². The van der Waals surface area contributed by atoms with Crippen molar-refractivity contribution in [2.75, 3.05) is 12.0 Å². The smallest absolute Gasteiger partial charge is 0.0484 e. The topological polar surface area (TPSA) is 30.9 Å². The van der Waals surface area contributed by atoms with Crippen LogP contribution in [0, 0.1) is 0 Å². The minimum atomic E-state index is 0.839. The number of thioether (sulfide) groups is 1. The molecule has 80 valence electrons. The molecule has 2 aromatic rings. The number of nitrogen functional groups attached to an aromatic ring is 1. The Morgan fingerprint density at radius 3 is 2.80 bits per heavy atom. The number of rotatable bonds is 3. The van der Waals surface area contributed by atoms with E-state index in [-0.39, 0.29) is 0 Å². The highest BCUT2D eigenvalue weighted by atomic mass is 32.2. The molecular weight excluding hydrogens is 204 g/mol. The van der Waals surface area contributed by atoms with Gasteiger partial charge in [0.2, 0.25) is 0 Å². The van der Waals surface area contributed by atoms with Crippen LogP contribution in [0.25, 0.3) is 10.9 Å². The molecule has 0 fully saturated rings. The van der Waals surface area contributed by atoms with E-state index in [9.17, 15) is 0 Å². The quantitative estimate of drug-likeness (QED) is 0.806. The fourth-order valence-electron chi connectivity index (χ4n) is 1.99. The van der Waals surface area contributed by atoms with Crippen molar-refractivity contribution in [3.05, 3.63) is 30.0 Å². The number of fused-ring (bicyclic) bond motifs is 1. The number of benzene rings is 1. The molecule has 2 nitrogen and oxygen atoms in total. The van der Waals surface area contributed by atoms with Crippen molar-refractivity contribution in [3.8, 4) is 0 Å². The van der Waals surface area contributed by atoms with Crippen LogP contribution in [0.2, 0.25) is 0 Å². The molecule has 15 heavy (non-hydrogen) atoms. The highest BCUT2D eigenvalue weighted by Crippen LogP contribution is 2.24. The lowest BCUT2D eigenvalue weighted by molar-refractivity contribution is 0.766. The first-order chi connectivity index (χ1) is 7.26. The Kier molecular flexibility index (Phi) is 2.91. The minimum Gasteiger partial charge on any atom is -0.399 e. The SMILES string of the molecule is CCn1c(CSC)cc2cc(N)ccc21. The Hall–Kier alpha value is -1.09. The molecule has 2 rings (SSSR count). The second-order valence-electron chi connectivity index (χ2n) is 3.63. The summed E-state index contributed by atoms with van der Waals surface area (Å²) in [5, 5.41) is 1.25. The highest BCUT2D eigenvalue weighted by molar-refractivity contribution is 7.97. The number of anilines is 1. The summed E-state index contributed by atoms with van der Waals surface area (Å²) in [5.41, 5.74) is 9.29. The Balaban J connectivity index is 2.62. The average Bonchev–Trinajstić information content (AvgIpc) is 2.54. The standard InChI is InChI=1S/C12H16N2S/c1-3-14-11(8-15-2)7-9-6-10(13)4-5-12(9)14/h4-7H,3,8,13H2,1-2H3. The van der Waals surface area contributed by atoms with Crippen LogP contribution in [0.5, 0.6) is 0 Å². The van der Waals surface area contributed by atoms with Crippen molar-refractivity contribution in [1.82, 2.24) is 4.57 Å². The van der Waals surface area contributed by atoms with Gasteiger partial charge in [-0.15, -0.1) is 0 Å². The van der Waals surface area contributed by atoms with Gasteiger partial charge in [0.1, 0.15) is 0 Å². The third-order valence-corrected chi connectivity index (χ3v) is 3.20. The van der Waals surface area contributed by atoms with Crippen LogP contribution < -0.4 is 5.73 Å². The van der Waals surface area contributed by atoms with Gasteiger partial charge in [-0.05, 0) is 37.4 Å². The highest BCUT2D eigenvalue weighted by Gasteiger charge is 2.06. The number of hydrogen-bond acceptors (Lipinski definition) is 2. The second-order valence-corrected chi connectivity index (χ2v) is 4.50. The largest absolute Gasteiger partial charge is 0.399 e. The van der Waals surface area contributed by atoms with E-state index in [0.717, 1.165) is 18.0 Å². The molecule has 0 atom stereocenters. The molecule has 1 heterocycles. The van der Waals surface area contributed by atoms with Gasteiger partial charge >= 0.3 is 0 Å². The van der Waals surface area contributed by atoms with Crippen LogP contribution in [-0.4, -0.2) is 10.8 Å². The van der Waals surface area contributed by atoms with Gasteiger partial charge in [-0.3, -0.25) is 0 Å². The third kappa shape index (κ3) is 1.84. The first-order valence-electron chi connectivity index (χ1n) is 5.13. The molecule has 0 aliphatic rings. The van der Waals surface area contributed by atoms with Crippen LogP contribution in [0.15, 0.2) is 24.3 Å². The van der Waals surface area contributed by atoms with Crippen LogP contribution in [0.4, 0.5) is 5.69 Å². The predicted octanol–water partition coefficient (Wildman–Crippen LogP) is 3.11. The molecule has 0 spiro atoms. The predicted molar refractivity (Wildman–Crippen MR) is 69.2 cm³/mol. The van der Waals surface area contributed by atoms with Crippen molar-refractivity contribution in [1.29, 1.82) is 0 Å². The molecule has 0 aliphatic heterocycles. The Morgan fingerprint density at radius 2 is 2.13 bits per heavy atom. The Morgan fingerprint density at radius 1 is 1.33 bits per heavy atom. The summed E-state index contributed by atoms with van der Waals surface area (Å²) in [5.74, 6) is 1.06. The summed E-state index contributed by atoms with van der Waals surface area (Å²) in [7, 11) is 0. The first-order valence-corrected chi connectivity index (χ1v) is 6.52. The van der Waals surface area contributed by atoms with Gasteiger partial charge in [-0.25, -0.2) is 0 Å².